The molecule has 5 nitrogen and oxygen atoms in total. The maximum Gasteiger partial charge on any atom is 0.251 e. The Labute approximate surface area is 115 Å². The maximum atomic E-state index is 12.3. The van der Waals surface area contributed by atoms with Crippen LogP contribution in [0, 0.1) is 5.92 Å². The fourth-order valence-electron chi connectivity index (χ4n) is 2.92. The van der Waals surface area contributed by atoms with Crippen LogP contribution in [0.1, 0.15) is 26.2 Å². The zero-order chi connectivity index (χ0) is 13.7. The lowest BCUT2D eigenvalue weighted by Gasteiger charge is -2.41. The van der Waals surface area contributed by atoms with Crippen LogP contribution in [0.15, 0.2) is 0 Å². The van der Waals surface area contributed by atoms with E-state index in [1.807, 2.05) is 11.8 Å². The first-order valence-corrected chi connectivity index (χ1v) is 7.23. The molecular formula is C14H25NO4. The molecule has 0 unspecified atom stereocenters. The molecule has 0 aliphatic carbocycles. The second-order valence-electron chi connectivity index (χ2n) is 5.39. The van der Waals surface area contributed by atoms with Crippen LogP contribution in [0.4, 0.5) is 0 Å². The molecule has 0 aromatic carbocycles. The lowest BCUT2D eigenvalue weighted by Crippen LogP contribution is -2.51. The van der Waals surface area contributed by atoms with E-state index in [0.717, 1.165) is 32.5 Å². The van der Waals surface area contributed by atoms with E-state index in [-0.39, 0.29) is 12.0 Å². The molecule has 2 aliphatic heterocycles. The molecular weight excluding hydrogens is 246 g/mol. The monoisotopic (exact) mass is 271 g/mol. The van der Waals surface area contributed by atoms with Crippen molar-refractivity contribution in [1.29, 1.82) is 0 Å². The quantitative estimate of drug-likeness (QED) is 0.702. The van der Waals surface area contributed by atoms with E-state index in [4.69, 9.17) is 14.2 Å². The number of rotatable bonds is 5. The van der Waals surface area contributed by atoms with Gasteiger partial charge < -0.3 is 19.1 Å². The van der Waals surface area contributed by atoms with Gasteiger partial charge in [0.1, 0.15) is 6.10 Å². The summed E-state index contributed by atoms with van der Waals surface area (Å²) in [7, 11) is 1.63. The van der Waals surface area contributed by atoms with Crippen molar-refractivity contribution in [3.8, 4) is 0 Å². The molecule has 110 valence electrons. The van der Waals surface area contributed by atoms with E-state index in [0.29, 0.717) is 25.2 Å². The van der Waals surface area contributed by atoms with Crippen molar-refractivity contribution in [3.05, 3.63) is 0 Å². The highest BCUT2D eigenvalue weighted by molar-refractivity contribution is 5.80. The summed E-state index contributed by atoms with van der Waals surface area (Å²) in [6, 6.07) is 0. The Morgan fingerprint density at radius 1 is 1.42 bits per heavy atom. The first-order valence-electron chi connectivity index (χ1n) is 7.23. The summed E-state index contributed by atoms with van der Waals surface area (Å²) in [5.41, 5.74) is 0. The fraction of sp³-hybridized carbons (Fsp3) is 0.929. The van der Waals surface area contributed by atoms with Gasteiger partial charge in [-0.25, -0.2) is 0 Å². The summed E-state index contributed by atoms with van der Waals surface area (Å²) in [5.74, 6) is 0.609. The molecule has 0 aromatic heterocycles. The zero-order valence-corrected chi connectivity index (χ0v) is 12.0. The Bertz CT molecular complexity index is 297. The van der Waals surface area contributed by atoms with Crippen molar-refractivity contribution in [2.24, 2.45) is 5.92 Å². The van der Waals surface area contributed by atoms with Crippen molar-refractivity contribution in [2.45, 2.75) is 38.4 Å². The lowest BCUT2D eigenvalue weighted by atomic mass is 9.88. The molecule has 0 radical (unpaired) electrons. The zero-order valence-electron chi connectivity index (χ0n) is 12.0. The highest BCUT2D eigenvalue weighted by Gasteiger charge is 2.35. The number of amides is 1. The van der Waals surface area contributed by atoms with Gasteiger partial charge in [0, 0.05) is 32.7 Å². The molecule has 0 aromatic rings. The largest absolute Gasteiger partial charge is 0.382 e. The normalized spacial score (nSPS) is 28.8. The van der Waals surface area contributed by atoms with E-state index >= 15 is 0 Å². The number of carbonyl (C=O) groups excluding carboxylic acids is 1. The Hall–Kier alpha value is -0.650. The summed E-state index contributed by atoms with van der Waals surface area (Å²) in [5, 5.41) is 0. The molecule has 3 atom stereocenters. The lowest BCUT2D eigenvalue weighted by molar-refractivity contribution is -0.150. The number of methoxy groups -OCH3 is 1. The maximum absolute atomic E-state index is 12.3. The predicted molar refractivity (Wildman–Crippen MR) is 71.0 cm³/mol. The van der Waals surface area contributed by atoms with Crippen molar-refractivity contribution in [1.82, 2.24) is 4.90 Å². The highest BCUT2D eigenvalue weighted by atomic mass is 16.5. The Balaban J connectivity index is 1.79. The minimum absolute atomic E-state index is 0.0973. The average molecular weight is 271 g/mol. The first kappa shape index (κ1) is 14.8. The van der Waals surface area contributed by atoms with Crippen LogP contribution in [-0.4, -0.2) is 63.0 Å². The van der Waals surface area contributed by atoms with Crippen LogP contribution in [-0.2, 0) is 19.0 Å². The number of piperidine rings is 1. The Morgan fingerprint density at radius 2 is 2.26 bits per heavy atom. The number of ether oxygens (including phenoxy) is 3. The van der Waals surface area contributed by atoms with Gasteiger partial charge in [-0.3, -0.25) is 4.79 Å². The first-order chi connectivity index (χ1) is 9.22. The fourth-order valence-corrected chi connectivity index (χ4v) is 2.92. The third-order valence-electron chi connectivity index (χ3n) is 4.03. The molecule has 2 aliphatic rings. The molecule has 2 rings (SSSR count). The van der Waals surface area contributed by atoms with Gasteiger partial charge in [-0.05, 0) is 26.2 Å². The summed E-state index contributed by atoms with van der Waals surface area (Å²) >= 11 is 0. The summed E-state index contributed by atoms with van der Waals surface area (Å²) in [4.78, 5) is 14.2. The minimum atomic E-state index is -0.379. The van der Waals surface area contributed by atoms with Crippen LogP contribution >= 0.6 is 0 Å². The van der Waals surface area contributed by atoms with Gasteiger partial charge in [-0.1, -0.05) is 0 Å². The number of nitrogens with zero attached hydrogens (tertiary/aromatic N) is 1. The van der Waals surface area contributed by atoms with E-state index in [9.17, 15) is 4.79 Å². The third kappa shape index (κ3) is 3.91. The van der Waals surface area contributed by atoms with Crippen molar-refractivity contribution >= 4 is 5.91 Å². The standard InChI is InChI=1S/C14H25NO4/c1-11(18-9-8-17-2)14(16)15-6-5-13-12(10-15)4-3-7-19-13/h11-13H,3-10H2,1-2H3/t11-,12-,13+/m1/s1. The van der Waals surface area contributed by atoms with Crippen molar-refractivity contribution < 1.29 is 19.0 Å². The van der Waals surface area contributed by atoms with Gasteiger partial charge in [0.2, 0.25) is 0 Å². The molecule has 2 saturated heterocycles. The van der Waals surface area contributed by atoms with E-state index in [2.05, 4.69) is 0 Å². The van der Waals surface area contributed by atoms with Gasteiger partial charge in [0.25, 0.3) is 5.91 Å². The predicted octanol–water partition coefficient (Wildman–Crippen LogP) is 1.07. The minimum Gasteiger partial charge on any atom is -0.382 e. The topological polar surface area (TPSA) is 48.0 Å². The third-order valence-corrected chi connectivity index (χ3v) is 4.03. The van der Waals surface area contributed by atoms with Gasteiger partial charge in [-0.15, -0.1) is 0 Å². The molecule has 2 fully saturated rings. The average Bonchev–Trinajstić information content (AvgIpc) is 2.46. The molecule has 0 spiro atoms. The van der Waals surface area contributed by atoms with E-state index < -0.39 is 0 Å². The van der Waals surface area contributed by atoms with E-state index in [1.54, 1.807) is 7.11 Å². The SMILES string of the molecule is COCCO[C@H](C)C(=O)N1CC[C@@H]2OCCC[C@@H]2C1. The molecule has 0 saturated carbocycles. The van der Waals surface area contributed by atoms with Gasteiger partial charge >= 0.3 is 0 Å². The van der Waals surface area contributed by atoms with Gasteiger partial charge in [0.05, 0.1) is 19.3 Å². The van der Waals surface area contributed by atoms with Crippen LogP contribution in [0.5, 0.6) is 0 Å². The Kier molecular flexibility index (Phi) is 5.60. The van der Waals surface area contributed by atoms with Crippen LogP contribution in [0.3, 0.4) is 0 Å². The van der Waals surface area contributed by atoms with Crippen molar-refractivity contribution in [3.63, 3.8) is 0 Å². The number of fused-ring (bicyclic) bond motifs is 1. The van der Waals surface area contributed by atoms with Crippen LogP contribution in [0.25, 0.3) is 0 Å². The molecule has 2 heterocycles. The molecule has 19 heavy (non-hydrogen) atoms. The summed E-state index contributed by atoms with van der Waals surface area (Å²) in [6.07, 6.45) is 3.23. The molecule has 5 heteroatoms. The highest BCUT2D eigenvalue weighted by Crippen LogP contribution is 2.28. The van der Waals surface area contributed by atoms with Gasteiger partial charge in [-0.2, -0.15) is 0 Å². The number of hydrogen-bond acceptors (Lipinski definition) is 4. The Morgan fingerprint density at radius 3 is 3.05 bits per heavy atom. The summed E-state index contributed by atoms with van der Waals surface area (Å²) in [6.45, 7) is 5.30. The second kappa shape index (κ2) is 7.22. The number of carbonyl (C=O) groups is 1. The summed E-state index contributed by atoms with van der Waals surface area (Å²) < 4.78 is 16.2. The van der Waals surface area contributed by atoms with Crippen LogP contribution < -0.4 is 0 Å². The molecule has 1 amide bonds. The van der Waals surface area contributed by atoms with E-state index in [1.165, 1.54) is 6.42 Å². The number of hydrogen-bond donors (Lipinski definition) is 0. The number of likely N-dealkylation sites (tertiary alicyclic amines) is 1. The molecule has 0 bridgehead atoms. The second-order valence-corrected chi connectivity index (χ2v) is 5.39. The van der Waals surface area contributed by atoms with Gasteiger partial charge in [0.15, 0.2) is 0 Å². The van der Waals surface area contributed by atoms with Crippen molar-refractivity contribution in [2.75, 3.05) is 40.0 Å². The smallest absolute Gasteiger partial charge is 0.251 e. The van der Waals surface area contributed by atoms with Crippen LogP contribution in [0.2, 0.25) is 0 Å². The molecule has 0 N–H and O–H groups in total.